The van der Waals surface area contributed by atoms with Gasteiger partial charge in [-0.1, -0.05) is 33.6 Å². The second-order valence-corrected chi connectivity index (χ2v) is 8.22. The van der Waals surface area contributed by atoms with E-state index in [0.29, 0.717) is 29.4 Å². The van der Waals surface area contributed by atoms with Crippen molar-refractivity contribution in [3.8, 4) is 0 Å². The van der Waals surface area contributed by atoms with Gasteiger partial charge in [-0.25, -0.2) is 0 Å². The highest BCUT2D eigenvalue weighted by Gasteiger charge is 2.49. The maximum Gasteiger partial charge on any atom is 0.265 e. The van der Waals surface area contributed by atoms with Crippen LogP contribution in [0.15, 0.2) is 22.7 Å². The van der Waals surface area contributed by atoms with E-state index in [0.717, 1.165) is 21.0 Å². The van der Waals surface area contributed by atoms with E-state index in [9.17, 15) is 9.59 Å². The number of amides is 2. The first-order valence-electron chi connectivity index (χ1n) is 6.95. The zero-order chi connectivity index (χ0) is 15.5. The van der Waals surface area contributed by atoms with Gasteiger partial charge in [-0.05, 0) is 18.6 Å². The summed E-state index contributed by atoms with van der Waals surface area (Å²) in [6, 6.07) is 5.81. The number of hydrogen-bond acceptors (Lipinski definition) is 3. The summed E-state index contributed by atoms with van der Waals surface area (Å²) < 4.78 is 1.96. The molecule has 0 saturated carbocycles. The molecule has 22 heavy (non-hydrogen) atoms. The average molecular weight is 400 g/mol. The Bertz CT molecular complexity index is 813. The Morgan fingerprint density at radius 3 is 2.86 bits per heavy atom. The van der Waals surface area contributed by atoms with Crippen LogP contribution in [0.5, 0.6) is 0 Å². The summed E-state index contributed by atoms with van der Waals surface area (Å²) in [5.74, 6) is 0.0333. The fourth-order valence-electron chi connectivity index (χ4n) is 3.16. The highest BCUT2D eigenvalue weighted by atomic mass is 79.9. The molecule has 1 aromatic carbocycles. The highest BCUT2D eigenvalue weighted by molar-refractivity contribution is 9.10. The summed E-state index contributed by atoms with van der Waals surface area (Å²) in [6.07, 6.45) is 1.36. The van der Waals surface area contributed by atoms with Crippen LogP contribution in [0.2, 0.25) is 5.02 Å². The number of hydrogen-bond donors (Lipinski definition) is 1. The van der Waals surface area contributed by atoms with Crippen molar-refractivity contribution in [3.05, 3.63) is 32.6 Å². The minimum absolute atomic E-state index is 0.0471. The van der Waals surface area contributed by atoms with Crippen LogP contribution in [0, 0.1) is 0 Å². The Morgan fingerprint density at radius 2 is 2.18 bits per heavy atom. The van der Waals surface area contributed by atoms with Crippen molar-refractivity contribution < 1.29 is 9.59 Å². The topological polar surface area (TPSA) is 49.4 Å². The molecule has 2 aromatic rings. The van der Waals surface area contributed by atoms with Gasteiger partial charge in [0, 0.05) is 34.1 Å². The molecular weight excluding hydrogens is 388 g/mol. The minimum atomic E-state index is -0.196. The molecule has 114 valence electrons. The molecule has 2 saturated heterocycles. The minimum Gasteiger partial charge on any atom is -0.347 e. The predicted octanol–water partition coefficient (Wildman–Crippen LogP) is 3.42. The van der Waals surface area contributed by atoms with E-state index in [1.165, 1.54) is 11.3 Å². The number of nitrogens with zero attached hydrogens (tertiary/aromatic N) is 1. The fourth-order valence-corrected chi connectivity index (χ4v) is 5.19. The molecule has 1 spiro atoms. The van der Waals surface area contributed by atoms with Crippen molar-refractivity contribution in [3.63, 3.8) is 0 Å². The lowest BCUT2D eigenvalue weighted by atomic mass is 9.88. The Morgan fingerprint density at radius 1 is 1.41 bits per heavy atom. The first-order valence-corrected chi connectivity index (χ1v) is 8.94. The zero-order valence-electron chi connectivity index (χ0n) is 11.5. The Balaban J connectivity index is 1.59. The Hall–Kier alpha value is -1.11. The third kappa shape index (κ3) is 2.16. The molecule has 4 rings (SSSR count). The van der Waals surface area contributed by atoms with Crippen molar-refractivity contribution in [1.29, 1.82) is 0 Å². The lowest BCUT2D eigenvalue weighted by molar-refractivity contribution is -0.120. The van der Waals surface area contributed by atoms with Gasteiger partial charge in [0.1, 0.15) is 4.88 Å². The molecule has 2 aliphatic heterocycles. The molecule has 1 aromatic heterocycles. The van der Waals surface area contributed by atoms with Gasteiger partial charge in [-0.3, -0.25) is 9.59 Å². The number of nitrogens with one attached hydrogen (secondary N) is 1. The molecule has 0 bridgehead atoms. The van der Waals surface area contributed by atoms with Crippen LogP contribution in [0.4, 0.5) is 0 Å². The molecule has 4 nitrogen and oxygen atoms in total. The van der Waals surface area contributed by atoms with E-state index in [4.69, 9.17) is 11.6 Å². The molecule has 1 N–H and O–H groups in total. The average Bonchev–Trinajstić information content (AvgIpc) is 2.98. The largest absolute Gasteiger partial charge is 0.347 e. The fraction of sp³-hybridized carbons (Fsp3) is 0.333. The van der Waals surface area contributed by atoms with E-state index in [2.05, 4.69) is 21.2 Å². The maximum absolute atomic E-state index is 12.7. The molecular formula is C15H12BrClN2O2S. The summed E-state index contributed by atoms with van der Waals surface area (Å²) >= 11 is 11.2. The van der Waals surface area contributed by atoms with Gasteiger partial charge in [-0.15, -0.1) is 11.3 Å². The van der Waals surface area contributed by atoms with Gasteiger partial charge in [0.2, 0.25) is 5.91 Å². The number of thiophene rings is 1. The van der Waals surface area contributed by atoms with Crippen LogP contribution in [0.3, 0.4) is 0 Å². The van der Waals surface area contributed by atoms with E-state index >= 15 is 0 Å². The molecule has 2 aliphatic rings. The third-order valence-electron chi connectivity index (χ3n) is 4.30. The first-order chi connectivity index (χ1) is 10.5. The van der Waals surface area contributed by atoms with Crippen LogP contribution in [-0.4, -0.2) is 35.3 Å². The van der Waals surface area contributed by atoms with Crippen molar-refractivity contribution >= 4 is 60.8 Å². The molecule has 2 amide bonds. The summed E-state index contributed by atoms with van der Waals surface area (Å²) in [4.78, 5) is 26.4. The summed E-state index contributed by atoms with van der Waals surface area (Å²) in [6.45, 7) is 1.15. The number of fused-ring (bicyclic) bond motifs is 1. The number of carbonyl (C=O) groups excluding carboxylic acids is 2. The molecule has 0 radical (unpaired) electrons. The SMILES string of the molecule is O=C1CCC2(CN(C(=O)c3sc4cc(Br)ccc4c3Cl)C2)N1. The van der Waals surface area contributed by atoms with E-state index in [1.807, 2.05) is 18.2 Å². The van der Waals surface area contributed by atoms with Crippen LogP contribution >= 0.6 is 38.9 Å². The zero-order valence-corrected chi connectivity index (χ0v) is 14.6. The van der Waals surface area contributed by atoms with Crippen molar-refractivity contribution in [2.24, 2.45) is 0 Å². The van der Waals surface area contributed by atoms with Crippen LogP contribution in [-0.2, 0) is 4.79 Å². The maximum atomic E-state index is 12.7. The van der Waals surface area contributed by atoms with Gasteiger partial charge < -0.3 is 10.2 Å². The lowest BCUT2D eigenvalue weighted by Gasteiger charge is -2.47. The van der Waals surface area contributed by atoms with Gasteiger partial charge in [0.25, 0.3) is 5.91 Å². The summed E-state index contributed by atoms with van der Waals surface area (Å²) in [5.41, 5.74) is -0.196. The van der Waals surface area contributed by atoms with Crippen molar-refractivity contribution in [2.45, 2.75) is 18.4 Å². The number of carbonyl (C=O) groups is 2. The Kier molecular flexibility index (Phi) is 3.25. The number of likely N-dealkylation sites (tertiary alicyclic amines) is 1. The number of halogens is 2. The smallest absolute Gasteiger partial charge is 0.265 e. The highest BCUT2D eigenvalue weighted by Crippen LogP contribution is 2.39. The second-order valence-electron chi connectivity index (χ2n) is 5.88. The third-order valence-corrected chi connectivity index (χ3v) is 6.43. The van der Waals surface area contributed by atoms with Crippen LogP contribution in [0.1, 0.15) is 22.5 Å². The van der Waals surface area contributed by atoms with Gasteiger partial charge >= 0.3 is 0 Å². The monoisotopic (exact) mass is 398 g/mol. The quantitative estimate of drug-likeness (QED) is 0.799. The van der Waals surface area contributed by atoms with E-state index < -0.39 is 0 Å². The summed E-state index contributed by atoms with van der Waals surface area (Å²) in [5, 5.41) is 4.41. The van der Waals surface area contributed by atoms with Gasteiger partial charge in [-0.2, -0.15) is 0 Å². The molecule has 0 aliphatic carbocycles. The second kappa shape index (κ2) is 4.94. The number of rotatable bonds is 1. The Labute approximate surface area is 144 Å². The molecule has 0 atom stereocenters. The standard InChI is InChI=1S/C15H12BrClN2O2S/c16-8-1-2-9-10(5-8)22-13(12(9)17)14(21)19-6-15(7-19)4-3-11(20)18-15/h1-2,5H,3-4,6-7H2,(H,18,20). The van der Waals surface area contributed by atoms with E-state index in [-0.39, 0.29) is 17.4 Å². The van der Waals surface area contributed by atoms with E-state index in [1.54, 1.807) is 4.90 Å². The van der Waals surface area contributed by atoms with Crippen LogP contribution < -0.4 is 5.32 Å². The molecule has 7 heteroatoms. The van der Waals surface area contributed by atoms with Crippen molar-refractivity contribution in [2.75, 3.05) is 13.1 Å². The number of benzene rings is 1. The van der Waals surface area contributed by atoms with Gasteiger partial charge in [0.05, 0.1) is 10.6 Å². The van der Waals surface area contributed by atoms with Crippen LogP contribution in [0.25, 0.3) is 10.1 Å². The summed E-state index contributed by atoms with van der Waals surface area (Å²) in [7, 11) is 0. The first kappa shape index (κ1) is 14.5. The molecule has 2 fully saturated rings. The molecule has 3 heterocycles. The van der Waals surface area contributed by atoms with Crippen molar-refractivity contribution in [1.82, 2.24) is 10.2 Å². The van der Waals surface area contributed by atoms with Gasteiger partial charge in [0.15, 0.2) is 0 Å². The molecule has 0 unspecified atom stereocenters. The normalized spacial score (nSPS) is 19.5. The predicted molar refractivity (Wildman–Crippen MR) is 90.5 cm³/mol. The lowest BCUT2D eigenvalue weighted by Crippen LogP contribution is -2.68.